The largest absolute Gasteiger partial charge is 0.293 e. The molecule has 1 aromatic heterocycles. The van der Waals surface area contributed by atoms with Crippen molar-refractivity contribution in [1.82, 2.24) is 9.88 Å². The highest BCUT2D eigenvalue weighted by Gasteiger charge is 2.09. The molecule has 4 heteroatoms. The summed E-state index contributed by atoms with van der Waals surface area (Å²) in [6, 6.07) is 13.9. The topological polar surface area (TPSA) is 16.1 Å². The van der Waals surface area contributed by atoms with Crippen LogP contribution in [0.5, 0.6) is 0 Å². The molecule has 0 aliphatic rings. The first-order valence-electron chi connectivity index (χ1n) is 6.26. The second-order valence-electron chi connectivity index (χ2n) is 4.35. The second kappa shape index (κ2) is 6.90. The van der Waals surface area contributed by atoms with Gasteiger partial charge in [0.15, 0.2) is 0 Å². The minimum absolute atomic E-state index is 0.482. The summed E-state index contributed by atoms with van der Waals surface area (Å²) < 4.78 is 0. The van der Waals surface area contributed by atoms with E-state index in [4.69, 9.17) is 23.2 Å². The van der Waals surface area contributed by atoms with Crippen LogP contribution in [-0.4, -0.2) is 16.4 Å². The normalized spacial score (nSPS) is 10.9. The molecule has 2 rings (SSSR count). The molecule has 1 aromatic carbocycles. The predicted molar refractivity (Wildman–Crippen MR) is 80.5 cm³/mol. The van der Waals surface area contributed by atoms with Crippen LogP contribution >= 0.6 is 23.2 Å². The van der Waals surface area contributed by atoms with E-state index in [2.05, 4.69) is 28.9 Å². The molecule has 100 valence electrons. The second-order valence-corrected chi connectivity index (χ2v) is 5.15. The maximum atomic E-state index is 6.15. The van der Waals surface area contributed by atoms with Crippen molar-refractivity contribution in [2.24, 2.45) is 0 Å². The molecule has 0 radical (unpaired) electrons. The van der Waals surface area contributed by atoms with Crippen molar-refractivity contribution in [3.8, 4) is 0 Å². The average molecular weight is 295 g/mol. The minimum atomic E-state index is 0.482. The lowest BCUT2D eigenvalue weighted by Crippen LogP contribution is -2.23. The number of pyridine rings is 1. The van der Waals surface area contributed by atoms with E-state index >= 15 is 0 Å². The first kappa shape index (κ1) is 14.3. The Morgan fingerprint density at radius 1 is 1.00 bits per heavy atom. The quantitative estimate of drug-likeness (QED) is 0.759. The molecule has 0 unspecified atom stereocenters. The Labute approximate surface area is 124 Å². The zero-order valence-corrected chi connectivity index (χ0v) is 12.3. The number of hydrogen-bond acceptors (Lipinski definition) is 2. The lowest BCUT2D eigenvalue weighted by molar-refractivity contribution is 0.268. The molecule has 19 heavy (non-hydrogen) atoms. The van der Waals surface area contributed by atoms with Crippen LogP contribution in [0.2, 0.25) is 10.2 Å². The van der Waals surface area contributed by atoms with Crippen molar-refractivity contribution in [3.05, 3.63) is 63.9 Å². The lowest BCUT2D eigenvalue weighted by Gasteiger charge is -2.20. The molecule has 0 N–H and O–H groups in total. The maximum absolute atomic E-state index is 6.15. The molecule has 2 aromatic rings. The Balaban J connectivity index is 2.09. The van der Waals surface area contributed by atoms with E-state index < -0.39 is 0 Å². The molecule has 0 amide bonds. The van der Waals surface area contributed by atoms with Crippen molar-refractivity contribution in [3.63, 3.8) is 0 Å². The van der Waals surface area contributed by atoms with Gasteiger partial charge in [-0.05, 0) is 24.2 Å². The summed E-state index contributed by atoms with van der Waals surface area (Å²) in [5.74, 6) is 0. The molecule has 0 saturated heterocycles. The Hall–Kier alpha value is -1.09. The molecule has 0 saturated carbocycles. The van der Waals surface area contributed by atoms with Crippen molar-refractivity contribution in [2.45, 2.75) is 20.0 Å². The fourth-order valence-corrected chi connectivity index (χ4v) is 2.23. The first-order chi connectivity index (χ1) is 9.19. The summed E-state index contributed by atoms with van der Waals surface area (Å²) in [5.41, 5.74) is 2.11. The summed E-state index contributed by atoms with van der Waals surface area (Å²) >= 11 is 12.1. The van der Waals surface area contributed by atoms with E-state index in [1.54, 1.807) is 12.1 Å². The van der Waals surface area contributed by atoms with Gasteiger partial charge in [0.1, 0.15) is 5.15 Å². The van der Waals surface area contributed by atoms with Gasteiger partial charge in [-0.25, -0.2) is 4.98 Å². The molecule has 0 atom stereocenters. The number of halogens is 2. The minimum Gasteiger partial charge on any atom is -0.293 e. The molecule has 1 heterocycles. The number of rotatable bonds is 5. The summed E-state index contributed by atoms with van der Waals surface area (Å²) in [6.45, 7) is 4.63. The third-order valence-electron chi connectivity index (χ3n) is 2.95. The molecule has 0 aliphatic carbocycles. The van der Waals surface area contributed by atoms with Crippen LogP contribution in [0.4, 0.5) is 0 Å². The van der Waals surface area contributed by atoms with Crippen LogP contribution < -0.4 is 0 Å². The first-order valence-corrected chi connectivity index (χ1v) is 7.02. The van der Waals surface area contributed by atoms with Crippen LogP contribution in [0.3, 0.4) is 0 Å². The van der Waals surface area contributed by atoms with Gasteiger partial charge in [0.2, 0.25) is 0 Å². The van der Waals surface area contributed by atoms with Crippen LogP contribution in [0, 0.1) is 0 Å². The van der Waals surface area contributed by atoms with Gasteiger partial charge in [0.05, 0.1) is 10.7 Å². The van der Waals surface area contributed by atoms with E-state index in [9.17, 15) is 0 Å². The van der Waals surface area contributed by atoms with Gasteiger partial charge in [0.25, 0.3) is 0 Å². The van der Waals surface area contributed by atoms with Crippen LogP contribution in [0.1, 0.15) is 18.2 Å². The van der Waals surface area contributed by atoms with Gasteiger partial charge < -0.3 is 0 Å². The third kappa shape index (κ3) is 4.20. The highest BCUT2D eigenvalue weighted by Crippen LogP contribution is 2.19. The van der Waals surface area contributed by atoms with E-state index in [-0.39, 0.29) is 0 Å². The Morgan fingerprint density at radius 3 is 2.42 bits per heavy atom. The van der Waals surface area contributed by atoms with Gasteiger partial charge >= 0.3 is 0 Å². The zero-order valence-electron chi connectivity index (χ0n) is 10.8. The molecule has 0 fully saturated rings. The standard InChI is InChI=1S/C15H16Cl2N2/c1-2-19(10-12-6-4-3-5-7-12)11-14-13(16)8-9-15(17)18-14/h3-9H,2,10-11H2,1H3. The molecular formula is C15H16Cl2N2. The number of aromatic nitrogens is 1. The van der Waals surface area contributed by atoms with Crippen molar-refractivity contribution < 1.29 is 0 Å². The summed E-state index contributed by atoms with van der Waals surface area (Å²) in [4.78, 5) is 6.57. The zero-order chi connectivity index (χ0) is 13.7. The summed E-state index contributed by atoms with van der Waals surface area (Å²) in [5, 5.41) is 1.14. The highest BCUT2D eigenvalue weighted by molar-refractivity contribution is 6.32. The van der Waals surface area contributed by atoms with E-state index in [0.29, 0.717) is 16.7 Å². The van der Waals surface area contributed by atoms with E-state index in [1.165, 1.54) is 5.56 Å². The van der Waals surface area contributed by atoms with Crippen LogP contribution in [0.25, 0.3) is 0 Å². The maximum Gasteiger partial charge on any atom is 0.129 e. The highest BCUT2D eigenvalue weighted by atomic mass is 35.5. The molecular weight excluding hydrogens is 279 g/mol. The molecule has 2 nitrogen and oxygen atoms in total. The van der Waals surface area contributed by atoms with E-state index in [1.807, 2.05) is 18.2 Å². The molecule has 0 bridgehead atoms. The van der Waals surface area contributed by atoms with Crippen LogP contribution in [-0.2, 0) is 13.1 Å². The van der Waals surface area contributed by atoms with Gasteiger partial charge in [-0.2, -0.15) is 0 Å². The monoisotopic (exact) mass is 294 g/mol. The van der Waals surface area contributed by atoms with Gasteiger partial charge in [-0.3, -0.25) is 4.90 Å². The fraction of sp³-hybridized carbons (Fsp3) is 0.267. The lowest BCUT2D eigenvalue weighted by atomic mass is 10.2. The van der Waals surface area contributed by atoms with Crippen molar-refractivity contribution in [1.29, 1.82) is 0 Å². The summed E-state index contributed by atoms with van der Waals surface area (Å²) in [6.07, 6.45) is 0. The van der Waals surface area contributed by atoms with Gasteiger partial charge in [-0.1, -0.05) is 60.5 Å². The Morgan fingerprint density at radius 2 is 1.74 bits per heavy atom. The SMILES string of the molecule is CCN(Cc1ccccc1)Cc1nc(Cl)ccc1Cl. The van der Waals surface area contributed by atoms with E-state index in [0.717, 1.165) is 18.8 Å². The molecule has 0 spiro atoms. The third-order valence-corrected chi connectivity index (χ3v) is 3.51. The van der Waals surface area contributed by atoms with Crippen molar-refractivity contribution in [2.75, 3.05) is 6.54 Å². The number of benzene rings is 1. The number of nitrogens with zero attached hydrogens (tertiary/aromatic N) is 2. The number of hydrogen-bond donors (Lipinski definition) is 0. The van der Waals surface area contributed by atoms with Crippen molar-refractivity contribution >= 4 is 23.2 Å². The van der Waals surface area contributed by atoms with Gasteiger partial charge in [0, 0.05) is 13.1 Å². The smallest absolute Gasteiger partial charge is 0.129 e. The fourth-order valence-electron chi connectivity index (χ4n) is 1.90. The van der Waals surface area contributed by atoms with Crippen LogP contribution in [0.15, 0.2) is 42.5 Å². The average Bonchev–Trinajstić information content (AvgIpc) is 2.43. The van der Waals surface area contributed by atoms with Gasteiger partial charge in [-0.15, -0.1) is 0 Å². The predicted octanol–water partition coefficient (Wildman–Crippen LogP) is 4.41. The molecule has 0 aliphatic heterocycles. The summed E-state index contributed by atoms with van der Waals surface area (Å²) in [7, 11) is 0. The Kier molecular flexibility index (Phi) is 5.20. The Bertz CT molecular complexity index is 529.